The second-order valence-electron chi connectivity index (χ2n) is 3.51. The number of aromatic nitrogens is 1. The van der Waals surface area contributed by atoms with Gasteiger partial charge in [-0.2, -0.15) is 0 Å². The first-order valence-corrected chi connectivity index (χ1v) is 4.92. The molecule has 0 unspecified atom stereocenters. The lowest BCUT2D eigenvalue weighted by atomic mass is 10.1. The summed E-state index contributed by atoms with van der Waals surface area (Å²) in [4.78, 5) is 14.2. The molecule has 0 amide bonds. The summed E-state index contributed by atoms with van der Waals surface area (Å²) in [6.07, 6.45) is 1.63. The van der Waals surface area contributed by atoms with Crippen LogP contribution in [0.2, 0.25) is 0 Å². The number of ether oxygens (including phenoxy) is 2. The Labute approximate surface area is 91.5 Å². The Balaban J connectivity index is 2.10. The summed E-state index contributed by atoms with van der Waals surface area (Å²) in [5.41, 5.74) is 1.65. The van der Waals surface area contributed by atoms with Crippen LogP contribution in [-0.4, -0.2) is 11.8 Å². The number of H-pyrrole nitrogens is 1. The molecule has 1 aromatic carbocycles. The molecule has 0 aliphatic carbocycles. The zero-order valence-corrected chi connectivity index (χ0v) is 8.40. The summed E-state index contributed by atoms with van der Waals surface area (Å²) in [6, 6.07) is 8.61. The molecule has 3 rings (SSSR count). The summed E-state index contributed by atoms with van der Waals surface area (Å²) in [5.74, 6) is 1.45. The number of aromatic amines is 1. The average molecular weight is 215 g/mol. The third-order valence-corrected chi connectivity index (χ3v) is 2.46. The minimum Gasteiger partial charge on any atom is -0.454 e. The highest BCUT2D eigenvalue weighted by Gasteiger charge is 2.13. The van der Waals surface area contributed by atoms with Crippen molar-refractivity contribution in [1.29, 1.82) is 0 Å². The van der Waals surface area contributed by atoms with Gasteiger partial charge < -0.3 is 14.5 Å². The highest BCUT2D eigenvalue weighted by atomic mass is 16.7. The van der Waals surface area contributed by atoms with Crippen molar-refractivity contribution >= 4 is 0 Å². The summed E-state index contributed by atoms with van der Waals surface area (Å²) in [6.45, 7) is 0.254. The minimum atomic E-state index is -0.0218. The van der Waals surface area contributed by atoms with Crippen LogP contribution in [0.15, 0.2) is 41.3 Å². The van der Waals surface area contributed by atoms with E-state index in [4.69, 9.17) is 9.47 Å². The van der Waals surface area contributed by atoms with Crippen molar-refractivity contribution in [2.45, 2.75) is 0 Å². The summed E-state index contributed by atoms with van der Waals surface area (Å²) < 4.78 is 10.5. The van der Waals surface area contributed by atoms with Gasteiger partial charge in [0.2, 0.25) is 6.79 Å². The van der Waals surface area contributed by atoms with E-state index in [1.807, 2.05) is 18.2 Å². The minimum absolute atomic E-state index is 0.0218. The smallest absolute Gasteiger partial charge is 0.231 e. The molecule has 1 aromatic heterocycles. The maximum Gasteiger partial charge on any atom is 0.231 e. The van der Waals surface area contributed by atoms with Gasteiger partial charge in [0.15, 0.2) is 16.9 Å². The third-order valence-electron chi connectivity index (χ3n) is 2.46. The first kappa shape index (κ1) is 9.03. The van der Waals surface area contributed by atoms with E-state index < -0.39 is 0 Å². The summed E-state index contributed by atoms with van der Waals surface area (Å²) in [5, 5.41) is 0. The van der Waals surface area contributed by atoms with Gasteiger partial charge in [0.05, 0.1) is 0 Å². The lowest BCUT2D eigenvalue weighted by molar-refractivity contribution is 0.174. The van der Waals surface area contributed by atoms with E-state index in [0.29, 0.717) is 5.75 Å². The molecular weight excluding hydrogens is 206 g/mol. The second-order valence-corrected chi connectivity index (χ2v) is 3.51. The largest absolute Gasteiger partial charge is 0.454 e. The number of pyridine rings is 1. The molecule has 0 radical (unpaired) electrons. The maximum atomic E-state index is 11.2. The van der Waals surface area contributed by atoms with Crippen LogP contribution in [0.1, 0.15) is 0 Å². The van der Waals surface area contributed by atoms with E-state index in [9.17, 15) is 4.79 Å². The van der Waals surface area contributed by atoms with E-state index >= 15 is 0 Å². The first-order chi connectivity index (χ1) is 7.83. The molecule has 80 valence electrons. The monoisotopic (exact) mass is 215 g/mol. The molecular formula is C12H9NO3. The summed E-state index contributed by atoms with van der Waals surface area (Å²) >= 11 is 0. The van der Waals surface area contributed by atoms with Gasteiger partial charge in [-0.3, -0.25) is 4.79 Å². The molecule has 0 spiro atoms. The van der Waals surface area contributed by atoms with Crippen molar-refractivity contribution in [2.75, 3.05) is 6.79 Å². The van der Waals surface area contributed by atoms with Crippen molar-refractivity contribution < 1.29 is 9.47 Å². The average Bonchev–Trinajstić information content (AvgIpc) is 2.75. The second kappa shape index (κ2) is 3.41. The molecule has 1 aliphatic rings. The number of nitrogens with one attached hydrogen (secondary N) is 1. The van der Waals surface area contributed by atoms with E-state index in [0.717, 1.165) is 17.0 Å². The third kappa shape index (κ3) is 1.44. The lowest BCUT2D eigenvalue weighted by Crippen LogP contribution is -1.97. The van der Waals surface area contributed by atoms with E-state index in [2.05, 4.69) is 4.98 Å². The number of benzene rings is 1. The zero-order valence-electron chi connectivity index (χ0n) is 8.40. The molecule has 0 saturated carbocycles. The number of rotatable bonds is 1. The quantitative estimate of drug-likeness (QED) is 0.788. The van der Waals surface area contributed by atoms with Gasteiger partial charge in [-0.25, -0.2) is 0 Å². The predicted octanol–water partition coefficient (Wildman–Crippen LogP) is 1.77. The molecule has 2 heterocycles. The highest BCUT2D eigenvalue weighted by Crippen LogP contribution is 2.34. The van der Waals surface area contributed by atoms with Gasteiger partial charge in [0.25, 0.3) is 0 Å². The molecule has 1 aliphatic heterocycles. The van der Waals surface area contributed by atoms with Gasteiger partial charge >= 0.3 is 0 Å². The van der Waals surface area contributed by atoms with Crippen LogP contribution < -0.4 is 14.9 Å². The van der Waals surface area contributed by atoms with Crippen molar-refractivity contribution in [3.8, 4) is 22.8 Å². The molecule has 0 saturated heterocycles. The fraction of sp³-hybridized carbons (Fsp3) is 0.0833. The molecule has 0 atom stereocenters. The van der Waals surface area contributed by atoms with Gasteiger partial charge in [0.1, 0.15) is 0 Å². The van der Waals surface area contributed by atoms with E-state index in [1.165, 1.54) is 6.07 Å². The maximum absolute atomic E-state index is 11.2. The summed E-state index contributed by atoms with van der Waals surface area (Å²) in [7, 11) is 0. The topological polar surface area (TPSA) is 51.3 Å². The first-order valence-electron chi connectivity index (χ1n) is 4.92. The van der Waals surface area contributed by atoms with Crippen LogP contribution in [0.3, 0.4) is 0 Å². The predicted molar refractivity (Wildman–Crippen MR) is 58.6 cm³/mol. The Bertz CT molecular complexity index is 589. The van der Waals surface area contributed by atoms with Crippen molar-refractivity contribution in [3.05, 3.63) is 46.8 Å². The normalized spacial score (nSPS) is 12.8. The van der Waals surface area contributed by atoms with Crippen LogP contribution in [0.25, 0.3) is 11.3 Å². The Morgan fingerprint density at radius 2 is 1.94 bits per heavy atom. The Morgan fingerprint density at radius 3 is 2.81 bits per heavy atom. The number of fused-ring (bicyclic) bond motifs is 1. The van der Waals surface area contributed by atoms with Crippen molar-refractivity contribution in [3.63, 3.8) is 0 Å². The van der Waals surface area contributed by atoms with Gasteiger partial charge in [-0.05, 0) is 18.2 Å². The molecule has 16 heavy (non-hydrogen) atoms. The number of hydrogen-bond acceptors (Lipinski definition) is 3. The van der Waals surface area contributed by atoms with Crippen LogP contribution in [0.4, 0.5) is 0 Å². The number of hydrogen-bond donors (Lipinski definition) is 1. The van der Waals surface area contributed by atoms with Gasteiger partial charge in [0, 0.05) is 29.6 Å². The zero-order chi connectivity index (χ0) is 11.0. The Hall–Kier alpha value is -2.23. The molecule has 4 heteroatoms. The van der Waals surface area contributed by atoms with Crippen molar-refractivity contribution in [2.24, 2.45) is 0 Å². The van der Waals surface area contributed by atoms with Crippen LogP contribution >= 0.6 is 0 Å². The van der Waals surface area contributed by atoms with Gasteiger partial charge in [-0.1, -0.05) is 0 Å². The fourth-order valence-electron chi connectivity index (χ4n) is 1.68. The van der Waals surface area contributed by atoms with Crippen molar-refractivity contribution in [1.82, 2.24) is 4.98 Å². The Kier molecular flexibility index (Phi) is 1.93. The highest BCUT2D eigenvalue weighted by molar-refractivity contribution is 5.64. The molecule has 0 fully saturated rings. The fourth-order valence-corrected chi connectivity index (χ4v) is 1.68. The van der Waals surface area contributed by atoms with Crippen LogP contribution in [-0.2, 0) is 0 Å². The molecule has 4 nitrogen and oxygen atoms in total. The van der Waals surface area contributed by atoms with E-state index in [1.54, 1.807) is 12.3 Å². The molecule has 0 bridgehead atoms. The van der Waals surface area contributed by atoms with Crippen LogP contribution in [0.5, 0.6) is 11.5 Å². The Morgan fingerprint density at radius 1 is 1.06 bits per heavy atom. The standard InChI is InChI=1S/C12H9NO3/c14-9-3-4-13-10(6-9)8-1-2-11-12(5-8)16-7-15-11/h1-6H,7H2,(H,13,14). The van der Waals surface area contributed by atoms with Crippen LogP contribution in [0, 0.1) is 0 Å². The van der Waals surface area contributed by atoms with E-state index in [-0.39, 0.29) is 12.2 Å². The van der Waals surface area contributed by atoms with Gasteiger partial charge in [-0.15, -0.1) is 0 Å². The lowest BCUT2D eigenvalue weighted by Gasteiger charge is -2.02. The molecule has 2 aromatic rings. The molecule has 1 N–H and O–H groups in total. The SMILES string of the molecule is O=c1cc[nH]c(-c2ccc3c(c2)OCO3)c1.